The van der Waals surface area contributed by atoms with Crippen molar-refractivity contribution in [1.29, 1.82) is 0 Å². The zero-order valence-electron chi connectivity index (χ0n) is 8.96. The summed E-state index contributed by atoms with van der Waals surface area (Å²) in [6, 6.07) is 0. The van der Waals surface area contributed by atoms with Gasteiger partial charge in [0.15, 0.2) is 11.9 Å². The third-order valence-electron chi connectivity index (χ3n) is 1.81. The highest BCUT2D eigenvalue weighted by Crippen LogP contribution is 2.21. The van der Waals surface area contributed by atoms with Crippen LogP contribution in [0, 0.1) is 11.3 Å². The Hall–Kier alpha value is -0.860. The molecule has 3 nitrogen and oxygen atoms in total. The minimum Gasteiger partial charge on any atom is -0.456 e. The largest absolute Gasteiger partial charge is 0.456 e. The lowest BCUT2D eigenvalue weighted by Crippen LogP contribution is -2.37. The van der Waals surface area contributed by atoms with E-state index in [0.717, 1.165) is 0 Å². The van der Waals surface area contributed by atoms with Gasteiger partial charge in [-0.25, -0.2) is 0 Å². The van der Waals surface area contributed by atoms with Crippen molar-refractivity contribution in [3.05, 3.63) is 0 Å². The summed E-state index contributed by atoms with van der Waals surface area (Å²) in [5, 5.41) is 0. The topological polar surface area (TPSA) is 43.4 Å². The number of hydrogen-bond donors (Lipinski definition) is 0. The molecule has 0 amide bonds. The Morgan fingerprint density at radius 1 is 1.31 bits per heavy atom. The summed E-state index contributed by atoms with van der Waals surface area (Å²) >= 11 is 0. The van der Waals surface area contributed by atoms with E-state index >= 15 is 0 Å². The normalized spacial score (nSPS) is 14.0. The molecule has 0 aliphatic heterocycles. The van der Waals surface area contributed by atoms with Gasteiger partial charge in [0.05, 0.1) is 0 Å². The van der Waals surface area contributed by atoms with E-state index < -0.39 is 11.5 Å². The molecule has 0 aliphatic rings. The van der Waals surface area contributed by atoms with Gasteiger partial charge in [0.1, 0.15) is 0 Å². The maximum atomic E-state index is 11.7. The molecule has 0 saturated carbocycles. The molecule has 0 heterocycles. The molecule has 0 saturated heterocycles. The average molecular weight is 186 g/mol. The van der Waals surface area contributed by atoms with Gasteiger partial charge in [-0.1, -0.05) is 34.6 Å². The first kappa shape index (κ1) is 12.1. The number of hydrogen-bond acceptors (Lipinski definition) is 3. The molecule has 1 atom stereocenters. The molecular weight excluding hydrogens is 168 g/mol. The monoisotopic (exact) mass is 186 g/mol. The summed E-state index contributed by atoms with van der Waals surface area (Å²) in [4.78, 5) is 21.9. The quantitative estimate of drug-likeness (QED) is 0.629. The highest BCUT2D eigenvalue weighted by Gasteiger charge is 2.32. The van der Waals surface area contributed by atoms with Crippen molar-refractivity contribution >= 4 is 12.3 Å². The molecule has 1 unspecified atom stereocenters. The second-order valence-electron chi connectivity index (χ2n) is 4.51. The minimum absolute atomic E-state index is 0.0249. The van der Waals surface area contributed by atoms with Crippen molar-refractivity contribution in [2.45, 2.75) is 40.7 Å². The summed E-state index contributed by atoms with van der Waals surface area (Å²) in [7, 11) is 0. The van der Waals surface area contributed by atoms with Crippen molar-refractivity contribution in [1.82, 2.24) is 0 Å². The van der Waals surface area contributed by atoms with Gasteiger partial charge in [-0.2, -0.15) is 0 Å². The van der Waals surface area contributed by atoms with E-state index in [1.165, 1.54) is 0 Å². The first-order valence-electron chi connectivity index (χ1n) is 4.44. The Balaban J connectivity index is 4.56. The third kappa shape index (κ3) is 3.57. The molecule has 13 heavy (non-hydrogen) atoms. The van der Waals surface area contributed by atoms with Gasteiger partial charge in [0, 0.05) is 5.41 Å². The minimum atomic E-state index is -0.613. The number of carbonyl (C=O) groups excluding carboxylic acids is 2. The molecule has 0 bridgehead atoms. The van der Waals surface area contributed by atoms with Crippen LogP contribution in [0.25, 0.3) is 0 Å². The number of ketones is 1. The Kier molecular flexibility index (Phi) is 4.11. The van der Waals surface area contributed by atoms with Crippen molar-refractivity contribution in [2.75, 3.05) is 0 Å². The molecule has 0 N–H and O–H groups in total. The molecule has 0 aromatic rings. The maximum absolute atomic E-state index is 11.7. The summed E-state index contributed by atoms with van der Waals surface area (Å²) in [5.41, 5.74) is -0.460. The Labute approximate surface area is 79.5 Å². The van der Waals surface area contributed by atoms with Crippen molar-refractivity contribution in [3.8, 4) is 0 Å². The van der Waals surface area contributed by atoms with E-state index in [2.05, 4.69) is 0 Å². The summed E-state index contributed by atoms with van der Waals surface area (Å²) in [6.45, 7) is 9.51. The molecule has 0 radical (unpaired) electrons. The van der Waals surface area contributed by atoms with Crippen LogP contribution in [-0.2, 0) is 14.3 Å². The van der Waals surface area contributed by atoms with Crippen molar-refractivity contribution < 1.29 is 14.3 Å². The van der Waals surface area contributed by atoms with Gasteiger partial charge in [0.2, 0.25) is 0 Å². The predicted octanol–water partition coefficient (Wildman–Crippen LogP) is 1.80. The van der Waals surface area contributed by atoms with E-state index in [1.807, 2.05) is 34.6 Å². The van der Waals surface area contributed by atoms with Crippen LogP contribution in [0.15, 0.2) is 0 Å². The average Bonchev–Trinajstić information content (AvgIpc) is 1.96. The Bertz CT molecular complexity index is 189. The predicted molar refractivity (Wildman–Crippen MR) is 50.2 cm³/mol. The van der Waals surface area contributed by atoms with E-state index in [1.54, 1.807) is 0 Å². The van der Waals surface area contributed by atoms with Crippen LogP contribution in [-0.4, -0.2) is 18.4 Å². The van der Waals surface area contributed by atoms with E-state index in [0.29, 0.717) is 6.47 Å². The summed E-state index contributed by atoms with van der Waals surface area (Å²) < 4.78 is 4.76. The number of ether oxygens (including phenoxy) is 1. The molecule has 76 valence electrons. The van der Waals surface area contributed by atoms with Crippen LogP contribution in [0.2, 0.25) is 0 Å². The SMILES string of the molecule is CC(C)C(OC=O)C(=O)C(C)(C)C. The Morgan fingerprint density at radius 2 is 1.77 bits per heavy atom. The fraction of sp³-hybridized carbons (Fsp3) is 0.800. The highest BCUT2D eigenvalue weighted by atomic mass is 16.5. The van der Waals surface area contributed by atoms with E-state index in [-0.39, 0.29) is 11.7 Å². The van der Waals surface area contributed by atoms with E-state index in [9.17, 15) is 9.59 Å². The van der Waals surface area contributed by atoms with Gasteiger partial charge in [0.25, 0.3) is 6.47 Å². The molecular formula is C10H18O3. The summed E-state index contributed by atoms with van der Waals surface area (Å²) in [6.07, 6.45) is -0.613. The van der Waals surface area contributed by atoms with Gasteiger partial charge < -0.3 is 4.74 Å². The molecule has 0 fully saturated rings. The van der Waals surface area contributed by atoms with Gasteiger partial charge in [-0.15, -0.1) is 0 Å². The highest BCUT2D eigenvalue weighted by molar-refractivity contribution is 5.88. The lowest BCUT2D eigenvalue weighted by molar-refractivity contribution is -0.150. The van der Waals surface area contributed by atoms with Crippen LogP contribution >= 0.6 is 0 Å². The van der Waals surface area contributed by atoms with Crippen molar-refractivity contribution in [2.24, 2.45) is 11.3 Å². The van der Waals surface area contributed by atoms with Crippen LogP contribution in [0.1, 0.15) is 34.6 Å². The number of carbonyl (C=O) groups is 2. The lowest BCUT2D eigenvalue weighted by Gasteiger charge is -2.25. The molecule has 0 rings (SSSR count). The van der Waals surface area contributed by atoms with Crippen LogP contribution in [0.5, 0.6) is 0 Å². The Morgan fingerprint density at radius 3 is 2.00 bits per heavy atom. The first-order chi connectivity index (χ1) is 5.80. The van der Waals surface area contributed by atoms with Crippen molar-refractivity contribution in [3.63, 3.8) is 0 Å². The zero-order valence-corrected chi connectivity index (χ0v) is 8.96. The molecule has 0 spiro atoms. The smallest absolute Gasteiger partial charge is 0.293 e. The summed E-state index contributed by atoms with van der Waals surface area (Å²) in [5.74, 6) is -0.00785. The van der Waals surface area contributed by atoms with Crippen LogP contribution in [0.4, 0.5) is 0 Å². The molecule has 0 aromatic carbocycles. The number of Topliss-reactive ketones (excluding diaryl/α,β-unsaturated/α-hetero) is 1. The second kappa shape index (κ2) is 4.40. The lowest BCUT2D eigenvalue weighted by atomic mass is 9.84. The van der Waals surface area contributed by atoms with Gasteiger partial charge in [-0.3, -0.25) is 9.59 Å². The fourth-order valence-corrected chi connectivity index (χ4v) is 1.01. The van der Waals surface area contributed by atoms with Crippen LogP contribution in [0.3, 0.4) is 0 Å². The molecule has 3 heteroatoms. The molecule has 0 aromatic heterocycles. The third-order valence-corrected chi connectivity index (χ3v) is 1.81. The fourth-order valence-electron chi connectivity index (χ4n) is 1.01. The first-order valence-corrected chi connectivity index (χ1v) is 4.44. The standard InChI is InChI=1S/C10H18O3/c1-7(2)8(13-6-11)9(12)10(3,4)5/h6-8H,1-5H3. The molecule has 0 aliphatic carbocycles. The van der Waals surface area contributed by atoms with E-state index in [4.69, 9.17) is 4.74 Å². The maximum Gasteiger partial charge on any atom is 0.293 e. The zero-order chi connectivity index (χ0) is 10.6. The van der Waals surface area contributed by atoms with Gasteiger partial charge in [-0.05, 0) is 5.92 Å². The van der Waals surface area contributed by atoms with Gasteiger partial charge >= 0.3 is 0 Å². The second-order valence-corrected chi connectivity index (χ2v) is 4.51. The number of rotatable bonds is 4. The van der Waals surface area contributed by atoms with Crippen LogP contribution < -0.4 is 0 Å².